The summed E-state index contributed by atoms with van der Waals surface area (Å²) in [6.07, 6.45) is -0.828. The molecule has 0 aliphatic carbocycles. The maximum absolute atomic E-state index is 13.7. The molecule has 0 radical (unpaired) electrons. The number of piperidine rings is 1. The summed E-state index contributed by atoms with van der Waals surface area (Å²) in [4.78, 5) is 30.8. The van der Waals surface area contributed by atoms with E-state index < -0.39 is 36.2 Å². The molecule has 176 valence electrons. The number of anilines is 2. The van der Waals surface area contributed by atoms with Crippen molar-refractivity contribution >= 4 is 28.5 Å². The predicted octanol–water partition coefficient (Wildman–Crippen LogP) is 4.47. The summed E-state index contributed by atoms with van der Waals surface area (Å²) in [7, 11) is 0. The number of nitrogens with zero attached hydrogens (tertiary/aromatic N) is 3. The fourth-order valence-corrected chi connectivity index (χ4v) is 4.09. The standard InChI is InChI=1S/C24H22F2N4O4/c1-13-11-16-20(31)17(12-27)22(30-9-7-24(25,26)8-10-30)34-21(16)19(28-13)14(2)29-18-6-4-3-5-15(18)23(32)33/h3-6,11,14,29H,7-10H2,1-2H3,(H,32,33)/t14-/m1/s1. The van der Waals surface area contributed by atoms with Crippen LogP contribution in [0.15, 0.2) is 39.5 Å². The molecule has 1 atom stereocenters. The van der Waals surface area contributed by atoms with E-state index in [-0.39, 0.29) is 41.1 Å². The molecule has 1 fully saturated rings. The molecule has 4 rings (SSSR count). The van der Waals surface area contributed by atoms with Crippen molar-refractivity contribution in [3.63, 3.8) is 0 Å². The van der Waals surface area contributed by atoms with Gasteiger partial charge in [0, 0.05) is 37.3 Å². The molecule has 3 heterocycles. The monoisotopic (exact) mass is 468 g/mol. The second-order valence-electron chi connectivity index (χ2n) is 8.31. The Morgan fingerprint density at radius 3 is 2.65 bits per heavy atom. The number of hydrogen-bond acceptors (Lipinski definition) is 7. The highest BCUT2D eigenvalue weighted by Gasteiger charge is 2.36. The van der Waals surface area contributed by atoms with Gasteiger partial charge < -0.3 is 19.7 Å². The predicted molar refractivity (Wildman–Crippen MR) is 122 cm³/mol. The molecular weight excluding hydrogens is 446 g/mol. The molecule has 1 aliphatic rings. The Balaban J connectivity index is 1.83. The van der Waals surface area contributed by atoms with E-state index in [0.29, 0.717) is 17.1 Å². The highest BCUT2D eigenvalue weighted by Crippen LogP contribution is 2.34. The van der Waals surface area contributed by atoms with Crippen molar-refractivity contribution in [2.75, 3.05) is 23.3 Å². The van der Waals surface area contributed by atoms with Crippen molar-refractivity contribution in [3.8, 4) is 6.07 Å². The Morgan fingerprint density at radius 1 is 1.32 bits per heavy atom. The molecular formula is C24H22F2N4O4. The molecule has 0 unspecified atom stereocenters. The third kappa shape index (κ3) is 4.29. The number of halogens is 2. The SMILES string of the molecule is Cc1cc2c(=O)c(C#N)c(N3CCC(F)(F)CC3)oc2c([C@@H](C)Nc2ccccc2C(=O)O)n1. The number of benzene rings is 1. The van der Waals surface area contributed by atoms with Crippen LogP contribution in [0.2, 0.25) is 0 Å². The number of aryl methyl sites for hydroxylation is 1. The lowest BCUT2D eigenvalue weighted by Gasteiger charge is -2.32. The van der Waals surface area contributed by atoms with Gasteiger partial charge in [0.15, 0.2) is 11.1 Å². The summed E-state index contributed by atoms with van der Waals surface area (Å²) < 4.78 is 33.4. The van der Waals surface area contributed by atoms with Gasteiger partial charge in [0.05, 0.1) is 17.0 Å². The first kappa shape index (κ1) is 23.2. The third-order valence-corrected chi connectivity index (χ3v) is 5.85. The quantitative estimate of drug-likeness (QED) is 0.563. The molecule has 2 N–H and O–H groups in total. The second-order valence-corrected chi connectivity index (χ2v) is 8.31. The number of rotatable bonds is 5. The number of fused-ring (bicyclic) bond motifs is 1. The van der Waals surface area contributed by atoms with Gasteiger partial charge in [0.2, 0.25) is 11.3 Å². The van der Waals surface area contributed by atoms with E-state index in [2.05, 4.69) is 10.3 Å². The summed E-state index contributed by atoms with van der Waals surface area (Å²) in [5.74, 6) is -3.97. The minimum Gasteiger partial charge on any atom is -0.478 e. The van der Waals surface area contributed by atoms with E-state index in [9.17, 15) is 28.7 Å². The molecule has 1 saturated heterocycles. The van der Waals surface area contributed by atoms with Crippen LogP contribution in [0.5, 0.6) is 0 Å². The Hall–Kier alpha value is -4.00. The van der Waals surface area contributed by atoms with Gasteiger partial charge in [-0.2, -0.15) is 5.26 Å². The summed E-state index contributed by atoms with van der Waals surface area (Å²) in [5, 5.41) is 22.4. The highest BCUT2D eigenvalue weighted by molar-refractivity contribution is 5.94. The maximum atomic E-state index is 13.7. The number of nitriles is 1. The number of pyridine rings is 1. The number of carboxylic acids is 1. The van der Waals surface area contributed by atoms with Crippen LogP contribution < -0.4 is 15.6 Å². The molecule has 0 spiro atoms. The Kier molecular flexibility index (Phi) is 5.96. The van der Waals surface area contributed by atoms with Crippen molar-refractivity contribution in [1.29, 1.82) is 5.26 Å². The van der Waals surface area contributed by atoms with Gasteiger partial charge in [0.1, 0.15) is 11.8 Å². The minimum absolute atomic E-state index is 0.0551. The second kappa shape index (κ2) is 8.74. The van der Waals surface area contributed by atoms with Crippen molar-refractivity contribution in [1.82, 2.24) is 4.98 Å². The van der Waals surface area contributed by atoms with Crippen LogP contribution in [0, 0.1) is 18.3 Å². The average Bonchev–Trinajstić information content (AvgIpc) is 2.79. The number of nitrogens with one attached hydrogen (secondary N) is 1. The zero-order valence-electron chi connectivity index (χ0n) is 18.6. The molecule has 1 aliphatic heterocycles. The molecule has 1 aromatic carbocycles. The number of carboxylic acid groups (broad SMARTS) is 1. The summed E-state index contributed by atoms with van der Waals surface area (Å²) in [6.45, 7) is 3.29. The van der Waals surface area contributed by atoms with Crippen molar-refractivity contribution < 1.29 is 23.1 Å². The molecule has 0 amide bonds. The van der Waals surface area contributed by atoms with Gasteiger partial charge in [0.25, 0.3) is 5.92 Å². The zero-order valence-corrected chi connectivity index (χ0v) is 18.6. The smallest absolute Gasteiger partial charge is 0.337 e. The van der Waals surface area contributed by atoms with E-state index in [1.807, 2.05) is 6.07 Å². The van der Waals surface area contributed by atoms with Crippen molar-refractivity contribution in [2.24, 2.45) is 0 Å². The van der Waals surface area contributed by atoms with Crippen molar-refractivity contribution in [2.45, 2.75) is 38.7 Å². The summed E-state index contributed by atoms with van der Waals surface area (Å²) >= 11 is 0. The average molecular weight is 468 g/mol. The van der Waals surface area contributed by atoms with E-state index in [0.717, 1.165) is 0 Å². The molecule has 10 heteroatoms. The molecule has 3 aromatic rings. The van der Waals surface area contributed by atoms with Crippen LogP contribution in [0.1, 0.15) is 53.1 Å². The first-order valence-electron chi connectivity index (χ1n) is 10.7. The van der Waals surface area contributed by atoms with Crippen LogP contribution in [0.25, 0.3) is 11.0 Å². The van der Waals surface area contributed by atoms with Gasteiger partial charge in [-0.15, -0.1) is 0 Å². The summed E-state index contributed by atoms with van der Waals surface area (Å²) in [5.41, 5.74) is 0.564. The van der Waals surface area contributed by atoms with E-state index in [4.69, 9.17) is 4.42 Å². The number of para-hydroxylation sites is 1. The molecule has 8 nitrogen and oxygen atoms in total. The van der Waals surface area contributed by atoms with Gasteiger partial charge in [-0.3, -0.25) is 9.78 Å². The first-order chi connectivity index (χ1) is 16.1. The molecule has 34 heavy (non-hydrogen) atoms. The maximum Gasteiger partial charge on any atom is 0.337 e. The molecule has 0 bridgehead atoms. The Labute approximate surface area is 193 Å². The lowest BCUT2D eigenvalue weighted by atomic mass is 10.0. The third-order valence-electron chi connectivity index (χ3n) is 5.85. The van der Waals surface area contributed by atoms with Crippen LogP contribution in [-0.2, 0) is 0 Å². The minimum atomic E-state index is -2.81. The number of aromatic carboxylic acids is 1. The van der Waals surface area contributed by atoms with Crippen LogP contribution in [0.4, 0.5) is 20.4 Å². The van der Waals surface area contributed by atoms with E-state index in [1.165, 1.54) is 17.0 Å². The number of hydrogen-bond donors (Lipinski definition) is 2. The fourth-order valence-electron chi connectivity index (χ4n) is 4.09. The molecule has 0 saturated carbocycles. The number of carbonyl (C=O) groups is 1. The van der Waals surface area contributed by atoms with Crippen LogP contribution in [0.3, 0.4) is 0 Å². The lowest BCUT2D eigenvalue weighted by molar-refractivity contribution is -0.0225. The van der Waals surface area contributed by atoms with Gasteiger partial charge in [-0.05, 0) is 32.0 Å². The van der Waals surface area contributed by atoms with Crippen LogP contribution >= 0.6 is 0 Å². The topological polar surface area (TPSA) is 119 Å². The van der Waals surface area contributed by atoms with E-state index in [1.54, 1.807) is 32.0 Å². The van der Waals surface area contributed by atoms with Crippen LogP contribution in [-0.4, -0.2) is 35.1 Å². The van der Waals surface area contributed by atoms with Crippen molar-refractivity contribution in [3.05, 3.63) is 63.1 Å². The van der Waals surface area contributed by atoms with E-state index >= 15 is 0 Å². The highest BCUT2D eigenvalue weighted by atomic mass is 19.3. The van der Waals surface area contributed by atoms with Gasteiger partial charge >= 0.3 is 5.97 Å². The van der Waals surface area contributed by atoms with Gasteiger partial charge in [-0.25, -0.2) is 13.6 Å². The summed E-state index contributed by atoms with van der Waals surface area (Å²) in [6, 6.07) is 9.16. The number of alkyl halides is 2. The Morgan fingerprint density at radius 2 is 2.00 bits per heavy atom. The largest absolute Gasteiger partial charge is 0.478 e. The first-order valence-corrected chi connectivity index (χ1v) is 10.7. The lowest BCUT2D eigenvalue weighted by Crippen LogP contribution is -2.40. The number of aromatic nitrogens is 1. The Bertz CT molecular complexity index is 1370. The zero-order chi connectivity index (χ0) is 24.6. The normalized spacial score (nSPS) is 16.1. The van der Waals surface area contributed by atoms with Gasteiger partial charge in [-0.1, -0.05) is 12.1 Å². The molecule has 2 aromatic heterocycles. The fraction of sp³-hybridized carbons (Fsp3) is 0.333.